The molecule has 0 saturated carbocycles. The second kappa shape index (κ2) is 6.00. The molecule has 2 rings (SSSR count). The van der Waals surface area contributed by atoms with Crippen molar-refractivity contribution in [2.45, 2.75) is 19.6 Å². The van der Waals surface area contributed by atoms with Crippen LogP contribution in [0.2, 0.25) is 0 Å². The highest BCUT2D eigenvalue weighted by Gasteiger charge is 2.12. The van der Waals surface area contributed by atoms with Crippen LogP contribution >= 0.6 is 0 Å². The van der Waals surface area contributed by atoms with Gasteiger partial charge in [0.15, 0.2) is 6.10 Å². The zero-order valence-corrected chi connectivity index (χ0v) is 10.3. The van der Waals surface area contributed by atoms with Crippen molar-refractivity contribution in [1.29, 1.82) is 5.26 Å². The van der Waals surface area contributed by atoms with E-state index in [0.717, 1.165) is 16.7 Å². The van der Waals surface area contributed by atoms with Crippen molar-refractivity contribution in [2.75, 3.05) is 0 Å². The first kappa shape index (κ1) is 12.3. The van der Waals surface area contributed by atoms with E-state index in [9.17, 15) is 5.26 Å². The minimum atomic E-state index is -0.508. The molecule has 0 spiro atoms. The van der Waals surface area contributed by atoms with Crippen molar-refractivity contribution < 1.29 is 4.74 Å². The quantitative estimate of drug-likeness (QED) is 0.810. The molecule has 0 amide bonds. The topological polar surface area (TPSA) is 33.0 Å². The third-order valence-corrected chi connectivity index (χ3v) is 2.85. The summed E-state index contributed by atoms with van der Waals surface area (Å²) >= 11 is 0. The van der Waals surface area contributed by atoms with Gasteiger partial charge in [0.2, 0.25) is 0 Å². The minimum Gasteiger partial charge on any atom is -0.354 e. The van der Waals surface area contributed by atoms with Gasteiger partial charge in [-0.2, -0.15) is 5.26 Å². The lowest BCUT2D eigenvalue weighted by molar-refractivity contribution is 0.0763. The van der Waals surface area contributed by atoms with E-state index in [2.05, 4.69) is 6.07 Å². The molecule has 2 aromatic rings. The summed E-state index contributed by atoms with van der Waals surface area (Å²) in [5.74, 6) is 0. The summed E-state index contributed by atoms with van der Waals surface area (Å²) < 4.78 is 5.68. The van der Waals surface area contributed by atoms with Crippen LogP contribution in [0.15, 0.2) is 54.6 Å². The SMILES string of the molecule is Cc1ccccc1C(C#N)OCc1ccccc1. The van der Waals surface area contributed by atoms with Crippen LogP contribution < -0.4 is 0 Å². The number of ether oxygens (including phenoxy) is 1. The van der Waals surface area contributed by atoms with Gasteiger partial charge in [-0.3, -0.25) is 0 Å². The van der Waals surface area contributed by atoms with Crippen LogP contribution in [0.5, 0.6) is 0 Å². The van der Waals surface area contributed by atoms with Crippen LogP contribution in [-0.4, -0.2) is 0 Å². The molecule has 0 aliphatic carbocycles. The molecule has 0 fully saturated rings. The molecule has 0 aromatic heterocycles. The fourth-order valence-corrected chi connectivity index (χ4v) is 1.83. The van der Waals surface area contributed by atoms with Gasteiger partial charge in [0.05, 0.1) is 12.7 Å². The molecule has 0 heterocycles. The molecular formula is C16H15NO. The van der Waals surface area contributed by atoms with E-state index in [0.29, 0.717) is 6.61 Å². The fraction of sp³-hybridized carbons (Fsp3) is 0.188. The van der Waals surface area contributed by atoms with Gasteiger partial charge in [-0.15, -0.1) is 0 Å². The second-order valence-electron chi connectivity index (χ2n) is 4.16. The Morgan fingerprint density at radius 3 is 2.39 bits per heavy atom. The normalized spacial score (nSPS) is 11.8. The largest absolute Gasteiger partial charge is 0.354 e. The Labute approximate surface area is 107 Å². The first-order valence-corrected chi connectivity index (χ1v) is 5.92. The lowest BCUT2D eigenvalue weighted by Crippen LogP contribution is -2.04. The van der Waals surface area contributed by atoms with Crippen LogP contribution in [0.25, 0.3) is 0 Å². The standard InChI is InChI=1S/C16H15NO/c1-13-7-5-6-10-15(13)16(11-17)18-12-14-8-3-2-4-9-14/h2-10,16H,12H2,1H3. The highest BCUT2D eigenvalue weighted by molar-refractivity contribution is 5.31. The Morgan fingerprint density at radius 2 is 1.72 bits per heavy atom. The molecule has 2 nitrogen and oxygen atoms in total. The average Bonchev–Trinajstić information content (AvgIpc) is 2.42. The van der Waals surface area contributed by atoms with Gasteiger partial charge in [0.1, 0.15) is 0 Å². The molecule has 0 N–H and O–H groups in total. The van der Waals surface area contributed by atoms with E-state index in [1.807, 2.05) is 61.5 Å². The predicted molar refractivity (Wildman–Crippen MR) is 70.8 cm³/mol. The van der Waals surface area contributed by atoms with Gasteiger partial charge in [0.25, 0.3) is 0 Å². The van der Waals surface area contributed by atoms with E-state index in [-0.39, 0.29) is 0 Å². The monoisotopic (exact) mass is 237 g/mol. The summed E-state index contributed by atoms with van der Waals surface area (Å²) in [7, 11) is 0. The van der Waals surface area contributed by atoms with E-state index in [4.69, 9.17) is 4.74 Å². The van der Waals surface area contributed by atoms with Gasteiger partial charge in [-0.05, 0) is 23.6 Å². The fourth-order valence-electron chi connectivity index (χ4n) is 1.83. The number of hydrogen-bond donors (Lipinski definition) is 0. The Bertz CT molecular complexity index is 543. The molecule has 1 unspecified atom stereocenters. The zero-order valence-electron chi connectivity index (χ0n) is 10.3. The Morgan fingerprint density at radius 1 is 1.06 bits per heavy atom. The summed E-state index contributed by atoms with van der Waals surface area (Å²) in [5.41, 5.74) is 3.10. The lowest BCUT2D eigenvalue weighted by atomic mass is 10.0. The summed E-state index contributed by atoms with van der Waals surface area (Å²) in [5, 5.41) is 9.21. The van der Waals surface area contributed by atoms with Gasteiger partial charge >= 0.3 is 0 Å². The minimum absolute atomic E-state index is 0.452. The first-order valence-electron chi connectivity index (χ1n) is 5.92. The summed E-state index contributed by atoms with van der Waals surface area (Å²) in [6.45, 7) is 2.44. The number of rotatable bonds is 4. The van der Waals surface area contributed by atoms with E-state index in [1.165, 1.54) is 0 Å². The Hall–Kier alpha value is -2.11. The van der Waals surface area contributed by atoms with Crippen molar-refractivity contribution in [3.63, 3.8) is 0 Å². The zero-order chi connectivity index (χ0) is 12.8. The van der Waals surface area contributed by atoms with Gasteiger partial charge < -0.3 is 4.74 Å². The first-order chi connectivity index (χ1) is 8.81. The third-order valence-electron chi connectivity index (χ3n) is 2.85. The Balaban J connectivity index is 2.08. The highest BCUT2D eigenvalue weighted by Crippen LogP contribution is 2.21. The molecule has 90 valence electrons. The van der Waals surface area contributed by atoms with Crippen molar-refractivity contribution >= 4 is 0 Å². The second-order valence-corrected chi connectivity index (χ2v) is 4.16. The summed E-state index contributed by atoms with van der Waals surface area (Å²) in [6.07, 6.45) is -0.508. The van der Waals surface area contributed by atoms with Crippen LogP contribution in [-0.2, 0) is 11.3 Å². The number of nitrogens with zero attached hydrogens (tertiary/aromatic N) is 1. The van der Waals surface area contributed by atoms with Crippen LogP contribution in [0.1, 0.15) is 22.8 Å². The molecule has 0 aliphatic rings. The molecule has 1 atom stereocenters. The molecule has 2 aromatic carbocycles. The summed E-state index contributed by atoms with van der Waals surface area (Å²) in [4.78, 5) is 0. The molecule has 0 radical (unpaired) electrons. The highest BCUT2D eigenvalue weighted by atomic mass is 16.5. The maximum atomic E-state index is 9.21. The molecule has 2 heteroatoms. The number of benzene rings is 2. The smallest absolute Gasteiger partial charge is 0.169 e. The average molecular weight is 237 g/mol. The molecular weight excluding hydrogens is 222 g/mol. The van der Waals surface area contributed by atoms with Gasteiger partial charge in [-0.25, -0.2) is 0 Å². The van der Waals surface area contributed by atoms with Crippen LogP contribution in [0.3, 0.4) is 0 Å². The summed E-state index contributed by atoms with van der Waals surface area (Å²) in [6, 6.07) is 19.9. The number of hydrogen-bond acceptors (Lipinski definition) is 2. The van der Waals surface area contributed by atoms with Crippen molar-refractivity contribution in [2.24, 2.45) is 0 Å². The van der Waals surface area contributed by atoms with Gasteiger partial charge in [-0.1, -0.05) is 54.6 Å². The van der Waals surface area contributed by atoms with Crippen LogP contribution in [0, 0.1) is 18.3 Å². The maximum Gasteiger partial charge on any atom is 0.169 e. The number of nitriles is 1. The molecule has 0 aliphatic heterocycles. The van der Waals surface area contributed by atoms with Gasteiger partial charge in [0, 0.05) is 0 Å². The number of aryl methyl sites for hydroxylation is 1. The molecule has 0 saturated heterocycles. The maximum absolute atomic E-state index is 9.21. The lowest BCUT2D eigenvalue weighted by Gasteiger charge is -2.13. The Kier molecular flexibility index (Phi) is 4.11. The third kappa shape index (κ3) is 2.97. The van der Waals surface area contributed by atoms with E-state index in [1.54, 1.807) is 0 Å². The molecule has 18 heavy (non-hydrogen) atoms. The van der Waals surface area contributed by atoms with E-state index < -0.39 is 6.10 Å². The van der Waals surface area contributed by atoms with E-state index >= 15 is 0 Å². The van der Waals surface area contributed by atoms with Crippen molar-refractivity contribution in [1.82, 2.24) is 0 Å². The predicted octanol–water partition coefficient (Wildman–Crippen LogP) is 3.78. The van der Waals surface area contributed by atoms with Crippen molar-refractivity contribution in [3.8, 4) is 6.07 Å². The van der Waals surface area contributed by atoms with Crippen molar-refractivity contribution in [3.05, 3.63) is 71.3 Å². The van der Waals surface area contributed by atoms with Crippen LogP contribution in [0.4, 0.5) is 0 Å². The molecule has 0 bridgehead atoms.